The van der Waals surface area contributed by atoms with Crippen LogP contribution in [-0.2, 0) is 9.53 Å². The molecule has 11 nitrogen and oxygen atoms in total. The molecule has 1 heterocycles. The van der Waals surface area contributed by atoms with Gasteiger partial charge in [-0.25, -0.2) is 14.4 Å². The zero-order valence-corrected chi connectivity index (χ0v) is 30.8. The minimum Gasteiger partial charge on any atom is -0.444 e. The molecule has 0 N–H and O–H groups in total. The van der Waals surface area contributed by atoms with Crippen LogP contribution in [0, 0.1) is 0 Å². The third kappa shape index (κ3) is 11.7. The van der Waals surface area contributed by atoms with Crippen molar-refractivity contribution >= 4 is 35.4 Å². The van der Waals surface area contributed by atoms with Crippen molar-refractivity contribution in [2.75, 3.05) is 64.8 Å². The van der Waals surface area contributed by atoms with Crippen LogP contribution >= 0.6 is 0 Å². The van der Waals surface area contributed by atoms with Gasteiger partial charge >= 0.3 is 18.2 Å². The summed E-state index contributed by atoms with van der Waals surface area (Å²) in [5, 5.41) is 0. The molecule has 2 aromatic rings. The van der Waals surface area contributed by atoms with Gasteiger partial charge in [0.15, 0.2) is 0 Å². The van der Waals surface area contributed by atoms with Crippen LogP contribution in [0.1, 0.15) is 73.1 Å². The lowest BCUT2D eigenvalue weighted by Crippen LogP contribution is -2.64. The van der Waals surface area contributed by atoms with Crippen molar-refractivity contribution in [1.82, 2.24) is 24.5 Å². The highest BCUT2D eigenvalue weighted by Crippen LogP contribution is 2.28. The van der Waals surface area contributed by atoms with E-state index in [-0.39, 0.29) is 44.1 Å². The van der Waals surface area contributed by atoms with Gasteiger partial charge in [0.1, 0.15) is 11.6 Å². The molecular weight excluding hydrogens is 620 g/mol. The number of likely N-dealkylation sites (N-methyl/N-ethyl adjacent to an activating group) is 2. The second kappa shape index (κ2) is 19.0. The number of hydrogen-bond acceptors (Lipinski definition) is 5. The molecule has 1 aliphatic heterocycles. The van der Waals surface area contributed by atoms with E-state index in [0.29, 0.717) is 31.0 Å². The lowest BCUT2D eigenvalue weighted by atomic mass is 10.1. The van der Waals surface area contributed by atoms with E-state index >= 15 is 0 Å². The molecule has 11 heteroatoms. The Bertz CT molecular complexity index is 1290. The van der Waals surface area contributed by atoms with Gasteiger partial charge in [-0.1, -0.05) is 75.9 Å². The summed E-state index contributed by atoms with van der Waals surface area (Å²) in [7, 11) is 3.30. The monoisotopic (exact) mass is 678 g/mol. The maximum absolute atomic E-state index is 14.6. The Kier molecular flexibility index (Phi) is 15.2. The second-order valence-electron chi connectivity index (χ2n) is 13.8. The largest absolute Gasteiger partial charge is 0.444 e. The van der Waals surface area contributed by atoms with Crippen molar-refractivity contribution in [2.24, 2.45) is 0 Å². The van der Waals surface area contributed by atoms with Crippen LogP contribution in [0.25, 0.3) is 0 Å². The van der Waals surface area contributed by atoms with E-state index in [1.54, 1.807) is 49.6 Å². The number of para-hydroxylation sites is 2. The lowest BCUT2D eigenvalue weighted by molar-refractivity contribution is -0.136. The Labute approximate surface area is 293 Å². The van der Waals surface area contributed by atoms with E-state index in [1.165, 1.54) is 9.80 Å². The quantitative estimate of drug-likeness (QED) is 0.200. The number of carbonyl (C=O) groups excluding carboxylic acids is 4. The van der Waals surface area contributed by atoms with E-state index in [2.05, 4.69) is 13.8 Å². The van der Waals surface area contributed by atoms with Crippen LogP contribution in [0.2, 0.25) is 0 Å². The molecule has 0 spiro atoms. The maximum atomic E-state index is 14.6. The molecule has 2 aromatic carbocycles. The van der Waals surface area contributed by atoms with Crippen molar-refractivity contribution in [3.05, 3.63) is 60.7 Å². The Morgan fingerprint density at radius 1 is 0.714 bits per heavy atom. The molecule has 0 aromatic heterocycles. The van der Waals surface area contributed by atoms with Crippen LogP contribution in [0.15, 0.2) is 60.7 Å². The first-order valence-electron chi connectivity index (χ1n) is 17.8. The molecular formula is C38H58N6O5. The van der Waals surface area contributed by atoms with Gasteiger partial charge in [0.2, 0.25) is 5.91 Å². The molecule has 3 rings (SSSR count). The first kappa shape index (κ1) is 39.2. The van der Waals surface area contributed by atoms with Crippen LogP contribution in [0.5, 0.6) is 0 Å². The summed E-state index contributed by atoms with van der Waals surface area (Å²) >= 11 is 0. The molecule has 270 valence electrons. The highest BCUT2D eigenvalue weighted by atomic mass is 16.6. The van der Waals surface area contributed by atoms with Crippen LogP contribution < -0.4 is 4.90 Å². The Hall–Kier alpha value is -4.28. The molecule has 6 amide bonds. The van der Waals surface area contributed by atoms with Crippen LogP contribution in [-0.4, -0.2) is 120 Å². The van der Waals surface area contributed by atoms with Crippen molar-refractivity contribution in [2.45, 2.75) is 84.8 Å². The molecule has 1 fully saturated rings. The number of nitrogens with zero attached hydrogens (tertiary/aromatic N) is 6. The van der Waals surface area contributed by atoms with E-state index < -0.39 is 17.7 Å². The van der Waals surface area contributed by atoms with Gasteiger partial charge in [0.25, 0.3) is 0 Å². The first-order valence-corrected chi connectivity index (χ1v) is 17.8. The minimum absolute atomic E-state index is 0.0745. The van der Waals surface area contributed by atoms with Gasteiger partial charge in [-0.05, 0) is 57.9 Å². The Balaban J connectivity index is 1.91. The second-order valence-corrected chi connectivity index (χ2v) is 13.8. The average molecular weight is 679 g/mol. The predicted molar refractivity (Wildman–Crippen MR) is 195 cm³/mol. The van der Waals surface area contributed by atoms with E-state index in [4.69, 9.17) is 4.74 Å². The lowest BCUT2D eigenvalue weighted by Gasteiger charge is -2.44. The average Bonchev–Trinajstić information content (AvgIpc) is 3.09. The smallest absolute Gasteiger partial charge is 0.410 e. The fourth-order valence-corrected chi connectivity index (χ4v) is 5.75. The fraction of sp³-hybridized carbons (Fsp3) is 0.579. The zero-order chi connectivity index (χ0) is 36.0. The normalized spacial score (nSPS) is 14.6. The third-order valence-electron chi connectivity index (χ3n) is 8.59. The van der Waals surface area contributed by atoms with Gasteiger partial charge in [-0.3, -0.25) is 9.69 Å². The fourth-order valence-electron chi connectivity index (χ4n) is 5.75. The van der Waals surface area contributed by atoms with Crippen molar-refractivity contribution < 1.29 is 23.9 Å². The van der Waals surface area contributed by atoms with Crippen molar-refractivity contribution in [3.8, 4) is 0 Å². The van der Waals surface area contributed by atoms with Gasteiger partial charge in [0, 0.05) is 53.4 Å². The van der Waals surface area contributed by atoms with E-state index in [1.807, 2.05) is 65.6 Å². The molecule has 1 unspecified atom stereocenters. The summed E-state index contributed by atoms with van der Waals surface area (Å²) in [6.45, 7) is 12.1. The highest BCUT2D eigenvalue weighted by Gasteiger charge is 2.41. The summed E-state index contributed by atoms with van der Waals surface area (Å²) < 4.78 is 5.48. The number of piperazine rings is 1. The summed E-state index contributed by atoms with van der Waals surface area (Å²) in [4.78, 5) is 65.4. The summed E-state index contributed by atoms with van der Waals surface area (Å²) in [5.74, 6) is -0.298. The summed E-state index contributed by atoms with van der Waals surface area (Å²) in [6, 6.07) is 17.4. The predicted octanol–water partition coefficient (Wildman–Crippen LogP) is 7.06. The number of hydrogen-bond donors (Lipinski definition) is 0. The van der Waals surface area contributed by atoms with Gasteiger partial charge in [-0.15, -0.1) is 0 Å². The molecule has 49 heavy (non-hydrogen) atoms. The molecule has 1 saturated heterocycles. The van der Waals surface area contributed by atoms with Gasteiger partial charge < -0.3 is 29.2 Å². The maximum Gasteiger partial charge on any atom is 0.410 e. The number of carbonyl (C=O) groups is 4. The number of urea groups is 2. The van der Waals surface area contributed by atoms with Crippen LogP contribution in [0.3, 0.4) is 0 Å². The van der Waals surface area contributed by atoms with Gasteiger partial charge in [0.05, 0.1) is 17.9 Å². The number of rotatable bonds is 14. The molecule has 1 aliphatic rings. The molecule has 0 radical (unpaired) electrons. The summed E-state index contributed by atoms with van der Waals surface area (Å²) in [6.07, 6.45) is 5.56. The Morgan fingerprint density at radius 3 is 1.71 bits per heavy atom. The standard InChI is InChI=1S/C38H58N6O5/c1-8-10-18-24-41(25-19-11-9-2)35(46)42-28-29-43(36(47)44(31-20-14-12-15-21-31)32-22-16-13-17-23-32)33(30-42)34(45)39(6)26-27-40(7)37(48)49-38(3,4)5/h12-17,20-23,33H,8-11,18-19,24-30H2,1-7H3. The Morgan fingerprint density at radius 2 is 1.22 bits per heavy atom. The molecule has 0 bridgehead atoms. The number of amides is 6. The number of ether oxygens (including phenoxy) is 1. The minimum atomic E-state index is -0.926. The van der Waals surface area contributed by atoms with E-state index in [9.17, 15) is 19.2 Å². The number of benzene rings is 2. The number of unbranched alkanes of at least 4 members (excludes halogenated alkanes) is 4. The summed E-state index contributed by atoms with van der Waals surface area (Å²) in [5.41, 5.74) is 0.707. The molecule has 0 saturated carbocycles. The molecule has 0 aliphatic carbocycles. The van der Waals surface area contributed by atoms with Crippen molar-refractivity contribution in [3.63, 3.8) is 0 Å². The van der Waals surface area contributed by atoms with E-state index in [0.717, 1.165) is 38.5 Å². The first-order chi connectivity index (χ1) is 23.4. The zero-order valence-electron chi connectivity index (χ0n) is 30.8. The van der Waals surface area contributed by atoms with Crippen molar-refractivity contribution in [1.29, 1.82) is 0 Å². The third-order valence-corrected chi connectivity index (χ3v) is 8.59. The van der Waals surface area contributed by atoms with Crippen LogP contribution in [0.4, 0.5) is 25.8 Å². The number of anilines is 2. The van der Waals surface area contributed by atoms with Gasteiger partial charge in [-0.2, -0.15) is 0 Å². The topological polar surface area (TPSA) is 97.0 Å². The highest BCUT2D eigenvalue weighted by molar-refractivity contribution is 6.01. The molecule has 1 atom stereocenters. The SMILES string of the molecule is CCCCCN(CCCCC)C(=O)N1CCN(C(=O)N(c2ccccc2)c2ccccc2)C(C(=O)N(C)CCN(C)C(=O)OC(C)(C)C)C1.